The van der Waals surface area contributed by atoms with Gasteiger partial charge in [-0.3, -0.25) is 19.2 Å². The molecular formula is C28H33N3O7. The lowest BCUT2D eigenvalue weighted by atomic mass is 10.1. The van der Waals surface area contributed by atoms with Gasteiger partial charge < -0.3 is 14.7 Å². The molecule has 2 saturated heterocycles. The highest BCUT2D eigenvalue weighted by Gasteiger charge is 2.50. The maximum atomic E-state index is 13.1. The Morgan fingerprint density at radius 1 is 0.711 bits per heavy atom. The number of benzene rings is 2. The minimum atomic E-state index is -1.28. The van der Waals surface area contributed by atoms with Gasteiger partial charge in [0.05, 0.1) is 37.4 Å². The van der Waals surface area contributed by atoms with E-state index in [2.05, 4.69) is 13.8 Å². The Kier molecular flexibility index (Phi) is 8.75. The van der Waals surface area contributed by atoms with E-state index in [0.717, 1.165) is 35.5 Å². The normalized spacial score (nSPS) is 19.7. The van der Waals surface area contributed by atoms with Gasteiger partial charge in [0.15, 0.2) is 0 Å². The summed E-state index contributed by atoms with van der Waals surface area (Å²) in [7, 11) is 0. The van der Waals surface area contributed by atoms with E-state index >= 15 is 0 Å². The van der Waals surface area contributed by atoms with Gasteiger partial charge in [-0.2, -0.15) is 5.06 Å². The Bertz CT molecular complexity index is 1070. The van der Waals surface area contributed by atoms with E-state index in [1.807, 2.05) is 0 Å². The largest absolute Gasteiger partial charge is 0.494 e. The monoisotopic (exact) mass is 523 g/mol. The van der Waals surface area contributed by atoms with E-state index in [9.17, 15) is 24.4 Å². The first-order valence-electron chi connectivity index (χ1n) is 13.0. The van der Waals surface area contributed by atoms with Crippen molar-refractivity contribution in [2.24, 2.45) is 0 Å². The van der Waals surface area contributed by atoms with Gasteiger partial charge in [-0.05, 0) is 61.4 Å². The van der Waals surface area contributed by atoms with Gasteiger partial charge in [0, 0.05) is 0 Å². The highest BCUT2D eigenvalue weighted by molar-refractivity contribution is 6.24. The van der Waals surface area contributed by atoms with Gasteiger partial charge in [-0.25, -0.2) is 9.80 Å². The molecule has 4 rings (SSSR count). The second-order valence-corrected chi connectivity index (χ2v) is 9.35. The van der Waals surface area contributed by atoms with Crippen molar-refractivity contribution >= 4 is 35.0 Å². The number of hydroxylamine groups is 2. The van der Waals surface area contributed by atoms with Crippen molar-refractivity contribution in [3.63, 3.8) is 0 Å². The number of hydrogen-bond donors (Lipinski definition) is 1. The molecule has 2 atom stereocenters. The van der Waals surface area contributed by atoms with Crippen molar-refractivity contribution in [3.8, 4) is 11.5 Å². The molecule has 0 aliphatic carbocycles. The first-order valence-corrected chi connectivity index (χ1v) is 13.0. The number of anilines is 2. The van der Waals surface area contributed by atoms with Gasteiger partial charge in [0.1, 0.15) is 23.6 Å². The molecule has 10 heteroatoms. The van der Waals surface area contributed by atoms with Crippen LogP contribution in [0.25, 0.3) is 0 Å². The molecule has 2 aromatic rings. The van der Waals surface area contributed by atoms with Crippen LogP contribution in [-0.2, 0) is 19.2 Å². The Labute approximate surface area is 221 Å². The van der Waals surface area contributed by atoms with Gasteiger partial charge in [-0.1, -0.05) is 26.7 Å². The van der Waals surface area contributed by atoms with Crippen molar-refractivity contribution in [3.05, 3.63) is 48.5 Å². The molecule has 0 saturated carbocycles. The summed E-state index contributed by atoms with van der Waals surface area (Å²) >= 11 is 0. The lowest BCUT2D eigenvalue weighted by Gasteiger charge is -2.25. The molecule has 0 aromatic heterocycles. The van der Waals surface area contributed by atoms with E-state index in [1.54, 1.807) is 48.5 Å². The fourth-order valence-corrected chi connectivity index (χ4v) is 4.46. The van der Waals surface area contributed by atoms with Gasteiger partial charge in [-0.15, -0.1) is 0 Å². The predicted molar refractivity (Wildman–Crippen MR) is 139 cm³/mol. The van der Waals surface area contributed by atoms with Crippen LogP contribution in [0.1, 0.15) is 52.4 Å². The summed E-state index contributed by atoms with van der Waals surface area (Å²) in [5, 5.41) is 11.4. The molecular weight excluding hydrogens is 490 g/mol. The molecule has 38 heavy (non-hydrogen) atoms. The summed E-state index contributed by atoms with van der Waals surface area (Å²) in [5.41, 5.74) is 0.686. The van der Waals surface area contributed by atoms with E-state index < -0.39 is 35.7 Å². The van der Waals surface area contributed by atoms with E-state index in [0.29, 0.717) is 41.2 Å². The van der Waals surface area contributed by atoms with Crippen molar-refractivity contribution in [2.45, 2.75) is 64.5 Å². The quantitative estimate of drug-likeness (QED) is 0.254. The molecule has 2 aliphatic rings. The summed E-state index contributed by atoms with van der Waals surface area (Å²) in [6, 6.07) is 10.5. The number of nitrogens with zero attached hydrogens (tertiary/aromatic N) is 3. The number of unbranched alkanes of at least 4 members (excludes halogenated alkanes) is 2. The smallest absolute Gasteiger partial charge is 0.254 e. The standard InChI is InChI=1S/C28H33N3O7/c1-3-5-15-37-21-11-7-19(8-12-21)29-25(32)17-23(27(29)34)31(36)24-18-26(33)30(28(24)35)20-9-13-22(14-10-20)38-16-6-4-2/h7-14,23-24,36H,3-6,15-18H2,1-2H3/t23-,24-/m0/s1. The van der Waals surface area contributed by atoms with Crippen LogP contribution < -0.4 is 19.3 Å². The van der Waals surface area contributed by atoms with Crippen LogP contribution in [0.5, 0.6) is 11.5 Å². The Hall–Kier alpha value is -3.76. The van der Waals surface area contributed by atoms with Crippen molar-refractivity contribution in [1.29, 1.82) is 0 Å². The second-order valence-electron chi connectivity index (χ2n) is 9.35. The minimum absolute atomic E-state index is 0.314. The van der Waals surface area contributed by atoms with Crippen LogP contribution in [0.15, 0.2) is 48.5 Å². The van der Waals surface area contributed by atoms with Crippen molar-refractivity contribution in [1.82, 2.24) is 5.06 Å². The van der Waals surface area contributed by atoms with Gasteiger partial charge in [0.2, 0.25) is 11.8 Å². The second kappa shape index (κ2) is 12.2. The summed E-state index contributed by atoms with van der Waals surface area (Å²) in [6.07, 6.45) is 3.20. The molecule has 2 aromatic carbocycles. The lowest BCUT2D eigenvalue weighted by Crippen LogP contribution is -2.49. The highest BCUT2D eigenvalue weighted by atomic mass is 16.5. The fraction of sp³-hybridized carbons (Fsp3) is 0.429. The third-order valence-electron chi connectivity index (χ3n) is 6.61. The molecule has 2 fully saturated rings. The highest BCUT2D eigenvalue weighted by Crippen LogP contribution is 2.32. The maximum absolute atomic E-state index is 13.1. The van der Waals surface area contributed by atoms with Crippen LogP contribution in [-0.4, -0.2) is 59.2 Å². The van der Waals surface area contributed by atoms with Crippen LogP contribution in [0.4, 0.5) is 11.4 Å². The molecule has 2 heterocycles. The van der Waals surface area contributed by atoms with E-state index in [4.69, 9.17) is 9.47 Å². The Morgan fingerprint density at radius 3 is 1.42 bits per heavy atom. The topological polar surface area (TPSA) is 117 Å². The third-order valence-corrected chi connectivity index (χ3v) is 6.61. The molecule has 1 N–H and O–H groups in total. The predicted octanol–water partition coefficient (Wildman–Crippen LogP) is 3.70. The average Bonchev–Trinajstić information content (AvgIpc) is 3.38. The Balaban J connectivity index is 1.42. The zero-order valence-electron chi connectivity index (χ0n) is 21.7. The van der Waals surface area contributed by atoms with Gasteiger partial charge >= 0.3 is 0 Å². The first kappa shape index (κ1) is 27.3. The summed E-state index contributed by atoms with van der Waals surface area (Å²) in [5.74, 6) is -1.10. The van der Waals surface area contributed by atoms with Crippen molar-refractivity contribution in [2.75, 3.05) is 23.0 Å². The summed E-state index contributed by atoms with van der Waals surface area (Å²) in [4.78, 5) is 53.7. The summed E-state index contributed by atoms with van der Waals surface area (Å²) < 4.78 is 11.2. The molecule has 4 amide bonds. The Morgan fingerprint density at radius 2 is 1.08 bits per heavy atom. The molecule has 10 nitrogen and oxygen atoms in total. The number of carbonyl (C=O) groups is 4. The van der Waals surface area contributed by atoms with Crippen LogP contribution >= 0.6 is 0 Å². The number of ether oxygens (including phenoxy) is 2. The molecule has 2 aliphatic heterocycles. The summed E-state index contributed by atoms with van der Waals surface area (Å²) in [6.45, 7) is 5.26. The molecule has 0 spiro atoms. The number of hydrogen-bond acceptors (Lipinski definition) is 8. The number of amides is 4. The zero-order chi connectivity index (χ0) is 27.2. The maximum Gasteiger partial charge on any atom is 0.254 e. The van der Waals surface area contributed by atoms with Crippen LogP contribution in [0.3, 0.4) is 0 Å². The molecule has 0 unspecified atom stereocenters. The number of rotatable bonds is 12. The molecule has 0 radical (unpaired) electrons. The first-order chi connectivity index (χ1) is 18.3. The average molecular weight is 524 g/mol. The van der Waals surface area contributed by atoms with Crippen molar-refractivity contribution < 1.29 is 33.9 Å². The molecule has 0 bridgehead atoms. The van der Waals surface area contributed by atoms with Crippen LogP contribution in [0, 0.1) is 0 Å². The fourth-order valence-electron chi connectivity index (χ4n) is 4.46. The third kappa shape index (κ3) is 5.71. The van der Waals surface area contributed by atoms with E-state index in [-0.39, 0.29) is 12.8 Å². The minimum Gasteiger partial charge on any atom is -0.494 e. The lowest BCUT2D eigenvalue weighted by molar-refractivity contribution is -0.172. The molecule has 202 valence electrons. The van der Waals surface area contributed by atoms with Gasteiger partial charge in [0.25, 0.3) is 11.8 Å². The number of carbonyl (C=O) groups excluding carboxylic acids is 4. The SMILES string of the molecule is CCCCOc1ccc(N2C(=O)C[C@H](N(O)[C@H]3CC(=O)N(c4ccc(OCCCC)cc4)C3=O)C2=O)cc1. The van der Waals surface area contributed by atoms with E-state index in [1.165, 1.54) is 0 Å². The van der Waals surface area contributed by atoms with Crippen LogP contribution in [0.2, 0.25) is 0 Å². The number of imide groups is 2. The zero-order valence-corrected chi connectivity index (χ0v) is 21.7.